The molecule has 3 N–H and O–H groups in total. The lowest BCUT2D eigenvalue weighted by atomic mass is 10.1. The zero-order chi connectivity index (χ0) is 21.3. The number of carbonyl (C=O) groups is 2. The standard InChI is InChI=1S/C24H24FN3O2/c1-17-7-5-6-10-19(17)15-27-24(30)16-26-20-11-12-21(25)22(14-20)28-23(29)13-18-8-3-2-4-9-18/h2-12,14,26H,13,15-16H2,1H3,(H,27,30)(H,28,29). The van der Waals surface area contributed by atoms with Crippen molar-refractivity contribution >= 4 is 23.2 Å². The van der Waals surface area contributed by atoms with E-state index in [2.05, 4.69) is 16.0 Å². The van der Waals surface area contributed by atoms with E-state index in [4.69, 9.17) is 0 Å². The van der Waals surface area contributed by atoms with Crippen molar-refractivity contribution in [2.75, 3.05) is 17.2 Å². The van der Waals surface area contributed by atoms with Gasteiger partial charge in [0.25, 0.3) is 0 Å². The zero-order valence-corrected chi connectivity index (χ0v) is 16.7. The maximum absolute atomic E-state index is 14.1. The van der Waals surface area contributed by atoms with E-state index >= 15 is 0 Å². The number of hydrogen-bond donors (Lipinski definition) is 3. The van der Waals surface area contributed by atoms with Gasteiger partial charge in [0.1, 0.15) is 5.82 Å². The molecule has 3 aromatic rings. The van der Waals surface area contributed by atoms with Gasteiger partial charge in [0.15, 0.2) is 0 Å². The van der Waals surface area contributed by atoms with E-state index < -0.39 is 5.82 Å². The lowest BCUT2D eigenvalue weighted by Crippen LogP contribution is -2.29. The lowest BCUT2D eigenvalue weighted by Gasteiger charge is -2.12. The van der Waals surface area contributed by atoms with Gasteiger partial charge >= 0.3 is 0 Å². The van der Waals surface area contributed by atoms with Crippen LogP contribution in [0.15, 0.2) is 72.8 Å². The van der Waals surface area contributed by atoms with Gasteiger partial charge in [-0.05, 0) is 41.8 Å². The number of carbonyl (C=O) groups excluding carboxylic acids is 2. The third-order valence-electron chi connectivity index (χ3n) is 4.64. The molecule has 0 saturated heterocycles. The molecule has 0 aromatic heterocycles. The zero-order valence-electron chi connectivity index (χ0n) is 16.7. The van der Waals surface area contributed by atoms with Crippen LogP contribution in [-0.4, -0.2) is 18.4 Å². The Morgan fingerprint density at radius 1 is 0.900 bits per heavy atom. The minimum absolute atomic E-state index is 0.0366. The fraction of sp³-hybridized carbons (Fsp3) is 0.167. The molecule has 0 fully saturated rings. The molecule has 0 heterocycles. The Morgan fingerprint density at radius 2 is 1.63 bits per heavy atom. The Kier molecular flexibility index (Phi) is 7.16. The van der Waals surface area contributed by atoms with Crippen molar-refractivity contribution in [3.8, 4) is 0 Å². The first kappa shape index (κ1) is 21.0. The van der Waals surface area contributed by atoms with Crippen LogP contribution in [0.4, 0.5) is 15.8 Å². The third-order valence-corrected chi connectivity index (χ3v) is 4.64. The summed E-state index contributed by atoms with van der Waals surface area (Å²) < 4.78 is 14.1. The number of benzene rings is 3. The highest BCUT2D eigenvalue weighted by Crippen LogP contribution is 2.20. The lowest BCUT2D eigenvalue weighted by molar-refractivity contribution is -0.119. The SMILES string of the molecule is Cc1ccccc1CNC(=O)CNc1ccc(F)c(NC(=O)Cc2ccccc2)c1. The molecule has 0 radical (unpaired) electrons. The van der Waals surface area contributed by atoms with Crippen molar-refractivity contribution in [1.82, 2.24) is 5.32 Å². The number of anilines is 2. The van der Waals surface area contributed by atoms with Gasteiger partial charge in [0.05, 0.1) is 18.7 Å². The van der Waals surface area contributed by atoms with Crippen LogP contribution in [0.5, 0.6) is 0 Å². The van der Waals surface area contributed by atoms with Crippen LogP contribution in [0.2, 0.25) is 0 Å². The van der Waals surface area contributed by atoms with Crippen LogP contribution >= 0.6 is 0 Å². The number of aryl methyl sites for hydroxylation is 1. The Balaban J connectivity index is 1.52. The molecular weight excluding hydrogens is 381 g/mol. The average molecular weight is 405 g/mol. The van der Waals surface area contributed by atoms with Crippen LogP contribution in [-0.2, 0) is 22.6 Å². The Hall–Kier alpha value is -3.67. The van der Waals surface area contributed by atoms with E-state index in [-0.39, 0.29) is 30.5 Å². The van der Waals surface area contributed by atoms with E-state index in [1.807, 2.05) is 61.5 Å². The molecule has 0 unspecified atom stereocenters. The summed E-state index contributed by atoms with van der Waals surface area (Å²) in [4.78, 5) is 24.3. The van der Waals surface area contributed by atoms with Crippen molar-refractivity contribution in [3.63, 3.8) is 0 Å². The molecule has 3 aromatic carbocycles. The number of hydrogen-bond acceptors (Lipinski definition) is 3. The molecule has 5 nitrogen and oxygen atoms in total. The normalized spacial score (nSPS) is 10.3. The molecule has 30 heavy (non-hydrogen) atoms. The first-order chi connectivity index (χ1) is 14.5. The number of halogens is 1. The molecule has 0 saturated carbocycles. The summed E-state index contributed by atoms with van der Waals surface area (Å²) in [5, 5.41) is 8.39. The number of nitrogens with one attached hydrogen (secondary N) is 3. The molecule has 6 heteroatoms. The van der Waals surface area contributed by atoms with E-state index in [0.717, 1.165) is 16.7 Å². The fourth-order valence-corrected chi connectivity index (χ4v) is 2.95. The predicted molar refractivity (Wildman–Crippen MR) is 117 cm³/mol. The number of rotatable bonds is 8. The molecule has 0 atom stereocenters. The van der Waals surface area contributed by atoms with Crippen LogP contribution < -0.4 is 16.0 Å². The van der Waals surface area contributed by atoms with Gasteiger partial charge in [0, 0.05) is 12.2 Å². The Bertz CT molecular complexity index is 1020. The van der Waals surface area contributed by atoms with Crippen molar-refractivity contribution in [2.45, 2.75) is 19.9 Å². The summed E-state index contributed by atoms with van der Waals surface area (Å²) in [5.74, 6) is -1.03. The van der Waals surface area contributed by atoms with Gasteiger partial charge in [0.2, 0.25) is 11.8 Å². The monoisotopic (exact) mass is 405 g/mol. The summed E-state index contributed by atoms with van der Waals surface area (Å²) >= 11 is 0. The second kappa shape index (κ2) is 10.2. The molecule has 0 bridgehead atoms. The highest BCUT2D eigenvalue weighted by atomic mass is 19.1. The van der Waals surface area contributed by atoms with Crippen LogP contribution in [0, 0.1) is 12.7 Å². The topological polar surface area (TPSA) is 70.2 Å². The van der Waals surface area contributed by atoms with Gasteiger partial charge in [-0.25, -0.2) is 4.39 Å². The van der Waals surface area contributed by atoms with Gasteiger partial charge in [-0.15, -0.1) is 0 Å². The second-order valence-electron chi connectivity index (χ2n) is 6.96. The fourth-order valence-electron chi connectivity index (χ4n) is 2.95. The smallest absolute Gasteiger partial charge is 0.239 e. The van der Waals surface area contributed by atoms with Crippen molar-refractivity contribution in [1.29, 1.82) is 0 Å². The van der Waals surface area contributed by atoms with Crippen LogP contribution in [0.1, 0.15) is 16.7 Å². The highest BCUT2D eigenvalue weighted by molar-refractivity contribution is 5.93. The molecule has 0 spiro atoms. The van der Waals surface area contributed by atoms with Gasteiger partial charge in [-0.1, -0.05) is 54.6 Å². The van der Waals surface area contributed by atoms with Gasteiger partial charge in [-0.2, -0.15) is 0 Å². The molecular formula is C24H24FN3O2. The minimum atomic E-state index is -0.536. The summed E-state index contributed by atoms with van der Waals surface area (Å²) in [7, 11) is 0. The molecule has 3 rings (SSSR count). The molecule has 0 aliphatic heterocycles. The quantitative estimate of drug-likeness (QED) is 0.530. The third kappa shape index (κ3) is 6.17. The van der Waals surface area contributed by atoms with E-state index in [9.17, 15) is 14.0 Å². The predicted octanol–water partition coefficient (Wildman–Crippen LogP) is 4.04. The maximum atomic E-state index is 14.1. The Morgan fingerprint density at radius 3 is 2.40 bits per heavy atom. The minimum Gasteiger partial charge on any atom is -0.376 e. The van der Waals surface area contributed by atoms with Gasteiger partial charge in [-0.3, -0.25) is 9.59 Å². The Labute approximate surface area is 175 Å². The summed E-state index contributed by atoms with van der Waals surface area (Å²) in [6, 6.07) is 21.3. The van der Waals surface area contributed by atoms with Crippen LogP contribution in [0.3, 0.4) is 0 Å². The summed E-state index contributed by atoms with van der Waals surface area (Å²) in [6.45, 7) is 2.47. The first-order valence-electron chi connectivity index (χ1n) is 9.69. The maximum Gasteiger partial charge on any atom is 0.239 e. The summed E-state index contributed by atoms with van der Waals surface area (Å²) in [6.07, 6.45) is 0.152. The average Bonchev–Trinajstić information content (AvgIpc) is 2.74. The van der Waals surface area contributed by atoms with Crippen molar-refractivity contribution in [3.05, 3.63) is 95.3 Å². The van der Waals surface area contributed by atoms with Crippen LogP contribution in [0.25, 0.3) is 0 Å². The molecule has 154 valence electrons. The number of amides is 2. The molecule has 0 aliphatic rings. The molecule has 2 amide bonds. The van der Waals surface area contributed by atoms with Crippen molar-refractivity contribution < 1.29 is 14.0 Å². The van der Waals surface area contributed by atoms with Crippen molar-refractivity contribution in [2.24, 2.45) is 0 Å². The van der Waals surface area contributed by atoms with E-state index in [1.54, 1.807) is 0 Å². The van der Waals surface area contributed by atoms with Gasteiger partial charge < -0.3 is 16.0 Å². The van der Waals surface area contributed by atoms with E-state index in [0.29, 0.717) is 12.2 Å². The molecule has 0 aliphatic carbocycles. The summed E-state index contributed by atoms with van der Waals surface area (Å²) in [5.41, 5.74) is 3.62. The first-order valence-corrected chi connectivity index (χ1v) is 9.69. The highest BCUT2D eigenvalue weighted by Gasteiger charge is 2.10. The van der Waals surface area contributed by atoms with E-state index in [1.165, 1.54) is 18.2 Å². The largest absolute Gasteiger partial charge is 0.376 e. The second-order valence-corrected chi connectivity index (χ2v) is 6.96.